The van der Waals surface area contributed by atoms with Crippen LogP contribution >= 0.6 is 0 Å². The van der Waals surface area contributed by atoms with E-state index < -0.39 is 0 Å². The van der Waals surface area contributed by atoms with Gasteiger partial charge in [0.05, 0.1) is 23.6 Å². The van der Waals surface area contributed by atoms with Gasteiger partial charge in [-0.15, -0.1) is 0 Å². The Labute approximate surface area is 137 Å². The minimum absolute atomic E-state index is 0.0310. The van der Waals surface area contributed by atoms with Gasteiger partial charge < -0.3 is 4.74 Å². The number of hydrogen-bond donors (Lipinski definition) is 0. The van der Waals surface area contributed by atoms with E-state index in [1.807, 2.05) is 18.2 Å². The summed E-state index contributed by atoms with van der Waals surface area (Å²) in [6.07, 6.45) is 9.24. The Kier molecular flexibility index (Phi) is 6.39. The average molecular weight is 308 g/mol. The number of carbonyl (C=O) groups excluding carboxylic acids is 1. The van der Waals surface area contributed by atoms with Gasteiger partial charge >= 0.3 is 5.97 Å². The van der Waals surface area contributed by atoms with E-state index in [0.717, 1.165) is 38.5 Å². The predicted octanol–water partition coefficient (Wildman–Crippen LogP) is 4.13. The Bertz CT molecular complexity index is 627. The lowest BCUT2D eigenvalue weighted by Gasteiger charge is -2.26. The molecule has 0 aromatic heterocycles. The van der Waals surface area contributed by atoms with E-state index in [4.69, 9.17) is 15.3 Å². The fourth-order valence-corrected chi connectivity index (χ4v) is 2.95. The molecule has 1 aliphatic rings. The molecule has 0 atom stereocenters. The largest absolute Gasteiger partial charge is 0.426 e. The van der Waals surface area contributed by atoms with Crippen molar-refractivity contribution in [2.45, 2.75) is 38.5 Å². The van der Waals surface area contributed by atoms with Crippen molar-refractivity contribution >= 4 is 5.97 Å². The van der Waals surface area contributed by atoms with Crippen LogP contribution in [0.4, 0.5) is 0 Å². The summed E-state index contributed by atoms with van der Waals surface area (Å²) in [5, 5.41) is 17.2. The van der Waals surface area contributed by atoms with Crippen molar-refractivity contribution in [1.82, 2.24) is 0 Å². The third kappa shape index (κ3) is 5.27. The summed E-state index contributed by atoms with van der Waals surface area (Å²) in [4.78, 5) is 12.2. The number of benzene rings is 1. The molecule has 0 N–H and O–H groups in total. The van der Waals surface area contributed by atoms with Gasteiger partial charge in [-0.05, 0) is 68.7 Å². The highest BCUT2D eigenvalue weighted by Gasteiger charge is 2.27. The zero-order chi connectivity index (χ0) is 16.5. The van der Waals surface area contributed by atoms with Crippen LogP contribution in [-0.4, -0.2) is 5.97 Å². The van der Waals surface area contributed by atoms with Gasteiger partial charge in [-0.3, -0.25) is 4.79 Å². The maximum absolute atomic E-state index is 12.2. The second-order valence-electron chi connectivity index (χ2n) is 5.88. The Morgan fingerprint density at radius 2 is 1.87 bits per heavy atom. The van der Waals surface area contributed by atoms with E-state index in [1.165, 1.54) is 6.08 Å². The number of allylic oxidation sites excluding steroid dienone is 2. The van der Waals surface area contributed by atoms with E-state index in [0.29, 0.717) is 17.2 Å². The summed E-state index contributed by atoms with van der Waals surface area (Å²) in [6.45, 7) is 0. The zero-order valence-electron chi connectivity index (χ0n) is 13.1. The lowest BCUT2D eigenvalue weighted by Crippen LogP contribution is -2.25. The van der Waals surface area contributed by atoms with Gasteiger partial charge in [0, 0.05) is 6.08 Å². The molecule has 0 bridgehead atoms. The second-order valence-corrected chi connectivity index (χ2v) is 5.88. The second kappa shape index (κ2) is 8.76. The summed E-state index contributed by atoms with van der Waals surface area (Å²) in [5.74, 6) is 0.934. The van der Waals surface area contributed by atoms with Gasteiger partial charge in [0.25, 0.3) is 0 Å². The smallest absolute Gasteiger partial charge is 0.314 e. The first-order chi connectivity index (χ1) is 11.2. The standard InChI is InChI=1S/C19H20N2O2/c20-13-3-1-2-4-15-5-9-17(10-6-15)19(22)23-18-11-7-16(14-21)8-12-18/h1,3,7-8,11-12,15,17H,2,4-6,9-10H2/t15-,17-. The van der Waals surface area contributed by atoms with Gasteiger partial charge in [0.15, 0.2) is 0 Å². The van der Waals surface area contributed by atoms with E-state index >= 15 is 0 Å². The minimum atomic E-state index is -0.169. The van der Waals surface area contributed by atoms with Gasteiger partial charge in [0.1, 0.15) is 5.75 Å². The number of ether oxygens (including phenoxy) is 1. The van der Waals surface area contributed by atoms with Gasteiger partial charge in [0.2, 0.25) is 0 Å². The van der Waals surface area contributed by atoms with E-state index in [9.17, 15) is 4.79 Å². The lowest BCUT2D eigenvalue weighted by atomic mass is 9.80. The molecule has 23 heavy (non-hydrogen) atoms. The van der Waals surface area contributed by atoms with E-state index in [1.54, 1.807) is 24.3 Å². The summed E-state index contributed by atoms with van der Waals surface area (Å²) >= 11 is 0. The van der Waals surface area contributed by atoms with Crippen LogP contribution < -0.4 is 4.74 Å². The number of nitrogens with zero attached hydrogens (tertiary/aromatic N) is 2. The normalized spacial score (nSPS) is 20.6. The molecule has 4 nitrogen and oxygen atoms in total. The number of hydrogen-bond acceptors (Lipinski definition) is 4. The first-order valence-electron chi connectivity index (χ1n) is 7.99. The van der Waals surface area contributed by atoms with Gasteiger partial charge in [-0.25, -0.2) is 0 Å². The van der Waals surface area contributed by atoms with Crippen molar-refractivity contribution in [3.8, 4) is 17.9 Å². The van der Waals surface area contributed by atoms with Crippen molar-refractivity contribution in [2.75, 3.05) is 0 Å². The van der Waals surface area contributed by atoms with Crippen molar-refractivity contribution in [3.63, 3.8) is 0 Å². The van der Waals surface area contributed by atoms with Crippen LogP contribution in [0.2, 0.25) is 0 Å². The molecule has 0 saturated heterocycles. The molecule has 0 radical (unpaired) electrons. The summed E-state index contributed by atoms with van der Waals surface area (Å²) < 4.78 is 5.41. The third-order valence-corrected chi connectivity index (χ3v) is 4.32. The molecule has 2 rings (SSSR count). The Balaban J connectivity index is 1.76. The third-order valence-electron chi connectivity index (χ3n) is 4.32. The molecule has 118 valence electrons. The zero-order valence-corrected chi connectivity index (χ0v) is 13.1. The quantitative estimate of drug-likeness (QED) is 0.465. The minimum Gasteiger partial charge on any atom is -0.426 e. The highest BCUT2D eigenvalue weighted by molar-refractivity contribution is 5.75. The number of carbonyl (C=O) groups is 1. The molecular weight excluding hydrogens is 288 g/mol. The number of nitriles is 2. The Morgan fingerprint density at radius 1 is 1.17 bits per heavy atom. The Morgan fingerprint density at radius 3 is 2.48 bits per heavy atom. The summed E-state index contributed by atoms with van der Waals surface area (Å²) in [6, 6.07) is 10.6. The van der Waals surface area contributed by atoms with Crippen LogP contribution in [0.1, 0.15) is 44.1 Å². The average Bonchev–Trinajstić information content (AvgIpc) is 2.60. The molecular formula is C19H20N2O2. The van der Waals surface area contributed by atoms with E-state index in [2.05, 4.69) is 0 Å². The first-order valence-corrected chi connectivity index (χ1v) is 7.99. The molecule has 1 aromatic rings. The molecule has 0 amide bonds. The maximum Gasteiger partial charge on any atom is 0.314 e. The van der Waals surface area contributed by atoms with Gasteiger partial charge in [-0.2, -0.15) is 10.5 Å². The fourth-order valence-electron chi connectivity index (χ4n) is 2.95. The highest BCUT2D eigenvalue weighted by atomic mass is 16.5. The van der Waals surface area contributed by atoms with Crippen LogP contribution in [0, 0.1) is 34.5 Å². The maximum atomic E-state index is 12.2. The van der Waals surface area contributed by atoms with Gasteiger partial charge in [-0.1, -0.05) is 6.08 Å². The highest BCUT2D eigenvalue weighted by Crippen LogP contribution is 2.32. The SMILES string of the molecule is N#CC=CCC[C@H]1CC[C@H](C(=O)Oc2ccc(C#N)cc2)CC1. The van der Waals surface area contributed by atoms with Crippen LogP contribution in [-0.2, 0) is 4.79 Å². The van der Waals surface area contributed by atoms with Crippen LogP contribution in [0.3, 0.4) is 0 Å². The van der Waals surface area contributed by atoms with Crippen molar-refractivity contribution in [2.24, 2.45) is 11.8 Å². The number of esters is 1. The molecule has 0 aliphatic heterocycles. The monoisotopic (exact) mass is 308 g/mol. The number of rotatable bonds is 5. The van der Waals surface area contributed by atoms with E-state index in [-0.39, 0.29) is 11.9 Å². The molecule has 4 heteroatoms. The molecule has 1 aromatic carbocycles. The first kappa shape index (κ1) is 16.8. The van der Waals surface area contributed by atoms with Crippen molar-refractivity contribution in [3.05, 3.63) is 42.0 Å². The molecule has 1 saturated carbocycles. The molecule has 0 unspecified atom stereocenters. The molecule has 1 fully saturated rings. The lowest BCUT2D eigenvalue weighted by molar-refractivity contribution is -0.140. The van der Waals surface area contributed by atoms with Crippen LogP contribution in [0.5, 0.6) is 5.75 Å². The Hall–Kier alpha value is -2.59. The fraction of sp³-hybridized carbons (Fsp3) is 0.421. The van der Waals surface area contributed by atoms with Crippen LogP contribution in [0.25, 0.3) is 0 Å². The molecule has 0 heterocycles. The van der Waals surface area contributed by atoms with Crippen molar-refractivity contribution < 1.29 is 9.53 Å². The predicted molar refractivity (Wildman–Crippen MR) is 86.2 cm³/mol. The molecule has 0 spiro atoms. The summed E-state index contributed by atoms with van der Waals surface area (Å²) in [5.41, 5.74) is 0.552. The van der Waals surface area contributed by atoms with Crippen molar-refractivity contribution in [1.29, 1.82) is 10.5 Å². The topological polar surface area (TPSA) is 73.9 Å². The van der Waals surface area contributed by atoms with Crippen LogP contribution in [0.15, 0.2) is 36.4 Å². The summed E-state index contributed by atoms with van der Waals surface area (Å²) in [7, 11) is 0. The molecule has 1 aliphatic carbocycles.